The molecule has 1 aliphatic heterocycles. The predicted molar refractivity (Wildman–Crippen MR) is 124 cm³/mol. The molecule has 8 heteroatoms. The van der Waals surface area contributed by atoms with E-state index in [1.807, 2.05) is 53.3 Å². The monoisotopic (exact) mass is 471 g/mol. The van der Waals surface area contributed by atoms with Gasteiger partial charge in [-0.05, 0) is 53.1 Å². The van der Waals surface area contributed by atoms with Gasteiger partial charge in [0.15, 0.2) is 0 Å². The summed E-state index contributed by atoms with van der Waals surface area (Å²) in [4.78, 5) is 11.6. The fourth-order valence-corrected chi connectivity index (χ4v) is 5.34. The fourth-order valence-electron chi connectivity index (χ4n) is 3.71. The van der Waals surface area contributed by atoms with Crippen molar-refractivity contribution in [3.63, 3.8) is 0 Å². The van der Waals surface area contributed by atoms with Crippen molar-refractivity contribution in [3.8, 4) is 22.6 Å². The molecule has 3 aromatic carbocycles. The Bertz CT molecular complexity index is 1240. The second-order valence-corrected chi connectivity index (χ2v) is 9.79. The quantitative estimate of drug-likeness (QED) is 0.571. The predicted octanol–water partition coefficient (Wildman–Crippen LogP) is 4.53. The van der Waals surface area contributed by atoms with Gasteiger partial charge in [-0.3, -0.25) is 9.52 Å². The van der Waals surface area contributed by atoms with E-state index in [1.54, 1.807) is 25.3 Å². The van der Waals surface area contributed by atoms with Crippen LogP contribution in [0.4, 0.5) is 0 Å². The highest BCUT2D eigenvalue weighted by Crippen LogP contribution is 2.32. The summed E-state index contributed by atoms with van der Waals surface area (Å²) in [5, 5.41) is 0.608. The molecule has 4 rings (SSSR count). The Hall–Kier alpha value is -3.03. The van der Waals surface area contributed by atoms with Crippen LogP contribution < -0.4 is 14.2 Å². The SMILES string of the molecule is COc1ccc(-c2cccc(COc3ccc(C4CC(=O)NS(=O)(=O)C4)cc3)c2)c(Cl)c1. The molecule has 1 heterocycles. The molecule has 166 valence electrons. The van der Waals surface area contributed by atoms with Gasteiger partial charge < -0.3 is 9.47 Å². The van der Waals surface area contributed by atoms with E-state index in [4.69, 9.17) is 21.1 Å². The molecule has 6 nitrogen and oxygen atoms in total. The number of amides is 1. The van der Waals surface area contributed by atoms with E-state index in [2.05, 4.69) is 0 Å². The van der Waals surface area contributed by atoms with Gasteiger partial charge in [-0.1, -0.05) is 41.9 Å². The number of carbonyl (C=O) groups excluding carboxylic acids is 1. The average molecular weight is 472 g/mol. The highest BCUT2D eigenvalue weighted by Gasteiger charge is 2.30. The molecule has 1 atom stereocenters. The Balaban J connectivity index is 1.43. The lowest BCUT2D eigenvalue weighted by Crippen LogP contribution is -2.40. The summed E-state index contributed by atoms with van der Waals surface area (Å²) >= 11 is 6.40. The van der Waals surface area contributed by atoms with Gasteiger partial charge in [0.05, 0.1) is 17.9 Å². The van der Waals surface area contributed by atoms with Crippen molar-refractivity contribution in [1.29, 1.82) is 0 Å². The number of hydrogen-bond donors (Lipinski definition) is 1. The van der Waals surface area contributed by atoms with Crippen LogP contribution in [0.2, 0.25) is 5.02 Å². The summed E-state index contributed by atoms with van der Waals surface area (Å²) in [5.74, 6) is 0.435. The maximum Gasteiger partial charge on any atom is 0.235 e. The van der Waals surface area contributed by atoms with Crippen LogP contribution >= 0.6 is 11.6 Å². The maximum atomic E-state index is 11.8. The summed E-state index contributed by atoms with van der Waals surface area (Å²) in [7, 11) is -1.97. The standard InChI is InChI=1S/C24H22ClNO5S/c1-30-21-9-10-22(23(25)13-21)18-4-2-3-16(11-18)14-31-20-7-5-17(6-8-20)19-12-24(27)26-32(28,29)15-19/h2-11,13,19H,12,14-15H2,1H3,(H,26,27). The molecule has 0 bridgehead atoms. The van der Waals surface area contributed by atoms with E-state index in [1.165, 1.54) is 0 Å². The largest absolute Gasteiger partial charge is 0.497 e. The number of sulfonamides is 1. The van der Waals surface area contributed by atoms with Crippen molar-refractivity contribution in [3.05, 3.63) is 82.9 Å². The minimum absolute atomic E-state index is 0.0976. The van der Waals surface area contributed by atoms with E-state index in [0.29, 0.717) is 23.1 Å². The molecule has 3 aromatic rings. The highest BCUT2D eigenvalue weighted by atomic mass is 35.5. The molecule has 1 unspecified atom stereocenters. The van der Waals surface area contributed by atoms with E-state index < -0.39 is 15.9 Å². The number of carbonyl (C=O) groups is 1. The van der Waals surface area contributed by atoms with Gasteiger partial charge in [0, 0.05) is 17.9 Å². The number of nitrogens with one attached hydrogen (secondary N) is 1. The van der Waals surface area contributed by atoms with Gasteiger partial charge in [-0.2, -0.15) is 0 Å². The zero-order valence-corrected chi connectivity index (χ0v) is 18.9. The molecule has 0 saturated carbocycles. The van der Waals surface area contributed by atoms with Crippen LogP contribution in [0.25, 0.3) is 11.1 Å². The lowest BCUT2D eigenvalue weighted by Gasteiger charge is -2.22. The zero-order chi connectivity index (χ0) is 22.7. The van der Waals surface area contributed by atoms with E-state index in [9.17, 15) is 13.2 Å². The summed E-state index contributed by atoms with van der Waals surface area (Å²) in [5.41, 5.74) is 3.66. The molecule has 0 radical (unpaired) electrons. The average Bonchev–Trinajstić information content (AvgIpc) is 2.77. The summed E-state index contributed by atoms with van der Waals surface area (Å²) in [6, 6.07) is 20.7. The molecule has 1 saturated heterocycles. The Morgan fingerprint density at radius 2 is 1.78 bits per heavy atom. The number of benzene rings is 3. The molecule has 1 aliphatic rings. The Morgan fingerprint density at radius 3 is 2.47 bits per heavy atom. The summed E-state index contributed by atoms with van der Waals surface area (Å²) < 4.78 is 36.7. The third-order valence-electron chi connectivity index (χ3n) is 5.29. The van der Waals surface area contributed by atoms with Crippen LogP contribution in [0, 0.1) is 0 Å². The van der Waals surface area contributed by atoms with Crippen LogP contribution in [0.3, 0.4) is 0 Å². The molecule has 0 aliphatic carbocycles. The number of ether oxygens (including phenoxy) is 2. The van der Waals surface area contributed by atoms with Crippen molar-refractivity contribution in [2.45, 2.75) is 18.9 Å². The molecular weight excluding hydrogens is 450 g/mol. The van der Waals surface area contributed by atoms with E-state index in [0.717, 1.165) is 22.3 Å². The van der Waals surface area contributed by atoms with Crippen molar-refractivity contribution in [2.24, 2.45) is 0 Å². The van der Waals surface area contributed by atoms with Crippen LogP contribution in [0.15, 0.2) is 66.7 Å². The smallest absolute Gasteiger partial charge is 0.235 e. The van der Waals surface area contributed by atoms with Gasteiger partial charge in [0.25, 0.3) is 0 Å². The lowest BCUT2D eigenvalue weighted by atomic mass is 9.97. The Labute approximate surface area is 192 Å². The van der Waals surface area contributed by atoms with Crippen molar-refractivity contribution < 1.29 is 22.7 Å². The minimum Gasteiger partial charge on any atom is -0.497 e. The van der Waals surface area contributed by atoms with Crippen LogP contribution in [-0.4, -0.2) is 27.2 Å². The number of rotatable bonds is 6. The molecule has 32 heavy (non-hydrogen) atoms. The van der Waals surface area contributed by atoms with Crippen LogP contribution in [0.1, 0.15) is 23.5 Å². The van der Waals surface area contributed by atoms with E-state index >= 15 is 0 Å². The van der Waals surface area contributed by atoms with Gasteiger partial charge in [-0.25, -0.2) is 8.42 Å². The second-order valence-electron chi connectivity index (χ2n) is 7.61. The van der Waals surface area contributed by atoms with Gasteiger partial charge in [0.1, 0.15) is 18.1 Å². The van der Waals surface area contributed by atoms with Crippen molar-refractivity contribution in [1.82, 2.24) is 4.72 Å². The van der Waals surface area contributed by atoms with Crippen molar-refractivity contribution in [2.75, 3.05) is 12.9 Å². The fraction of sp³-hybridized carbons (Fsp3) is 0.208. The third kappa shape index (κ3) is 5.23. The van der Waals surface area contributed by atoms with E-state index in [-0.39, 0.29) is 18.1 Å². The molecule has 1 amide bonds. The number of hydrogen-bond acceptors (Lipinski definition) is 5. The first kappa shape index (κ1) is 22.2. The molecule has 0 spiro atoms. The first-order valence-corrected chi connectivity index (χ1v) is 12.0. The lowest BCUT2D eigenvalue weighted by molar-refractivity contribution is -0.119. The van der Waals surface area contributed by atoms with Gasteiger partial charge in [0.2, 0.25) is 15.9 Å². The molecular formula is C24H22ClNO5S. The summed E-state index contributed by atoms with van der Waals surface area (Å²) in [6.45, 7) is 0.362. The molecule has 1 fully saturated rings. The van der Waals surface area contributed by atoms with Gasteiger partial charge >= 0.3 is 0 Å². The maximum absolute atomic E-state index is 11.8. The highest BCUT2D eigenvalue weighted by molar-refractivity contribution is 7.90. The van der Waals surface area contributed by atoms with Crippen LogP contribution in [-0.2, 0) is 21.4 Å². The first-order valence-electron chi connectivity index (χ1n) is 10.0. The number of halogens is 1. The van der Waals surface area contributed by atoms with Gasteiger partial charge in [-0.15, -0.1) is 0 Å². The van der Waals surface area contributed by atoms with Crippen LogP contribution in [0.5, 0.6) is 11.5 Å². The summed E-state index contributed by atoms with van der Waals surface area (Å²) in [6.07, 6.45) is 0.153. The zero-order valence-electron chi connectivity index (χ0n) is 17.4. The molecule has 0 aromatic heterocycles. The molecule has 1 N–H and O–H groups in total. The normalized spacial score (nSPS) is 17.4. The number of methoxy groups -OCH3 is 1. The second kappa shape index (κ2) is 9.22. The first-order chi connectivity index (χ1) is 15.3. The minimum atomic E-state index is -3.57. The van der Waals surface area contributed by atoms with Crippen molar-refractivity contribution >= 4 is 27.5 Å². The topological polar surface area (TPSA) is 81.7 Å². The Kier molecular flexibility index (Phi) is 6.39. The third-order valence-corrected chi connectivity index (χ3v) is 6.99. The Morgan fingerprint density at radius 1 is 1.03 bits per heavy atom.